The molecule has 0 atom stereocenters. The van der Waals surface area contributed by atoms with E-state index in [0.29, 0.717) is 17.1 Å². The zero-order chi connectivity index (χ0) is 12.3. The van der Waals surface area contributed by atoms with E-state index in [2.05, 4.69) is 5.10 Å². The molecular formula is C11H11FN2O3. The summed E-state index contributed by atoms with van der Waals surface area (Å²) in [7, 11) is 1.51. The number of aromatic hydroxyl groups is 1. The lowest BCUT2D eigenvalue weighted by molar-refractivity contribution is 0.289. The van der Waals surface area contributed by atoms with Crippen LogP contribution in [0.15, 0.2) is 30.6 Å². The predicted molar refractivity (Wildman–Crippen MR) is 57.7 cm³/mol. The first-order chi connectivity index (χ1) is 8.19. The Bertz CT molecular complexity index is 513. The smallest absolute Gasteiger partial charge is 0.160 e. The third kappa shape index (κ3) is 2.66. The first-order valence-corrected chi connectivity index (χ1v) is 4.88. The summed E-state index contributed by atoms with van der Waals surface area (Å²) < 4.78 is 22.7. The Balaban J connectivity index is 2.04. The van der Waals surface area contributed by atoms with Crippen molar-refractivity contribution in [3.8, 4) is 17.2 Å². The number of hydrogen-bond acceptors (Lipinski definition) is 4. The number of ether oxygens (including phenoxy) is 2. The van der Waals surface area contributed by atoms with Crippen LogP contribution < -0.4 is 9.47 Å². The molecule has 0 unspecified atom stereocenters. The highest BCUT2D eigenvalue weighted by atomic mass is 19.2. The van der Waals surface area contributed by atoms with Gasteiger partial charge < -0.3 is 14.6 Å². The van der Waals surface area contributed by atoms with Crippen molar-refractivity contribution < 1.29 is 19.1 Å². The second-order valence-electron chi connectivity index (χ2n) is 3.35. The monoisotopic (exact) mass is 238 g/mol. The Morgan fingerprint density at radius 3 is 2.82 bits per heavy atom. The molecule has 90 valence electrons. The average molecular weight is 238 g/mol. The minimum Gasteiger partial charge on any atom is -0.507 e. The molecule has 1 aromatic heterocycles. The summed E-state index contributed by atoms with van der Waals surface area (Å²) in [5, 5.41) is 13.0. The van der Waals surface area contributed by atoms with Gasteiger partial charge in [0.1, 0.15) is 24.3 Å². The second kappa shape index (κ2) is 4.73. The van der Waals surface area contributed by atoms with E-state index in [-0.39, 0.29) is 17.3 Å². The second-order valence-corrected chi connectivity index (χ2v) is 3.35. The minimum absolute atomic E-state index is 0.0667. The van der Waals surface area contributed by atoms with Gasteiger partial charge in [-0.05, 0) is 12.1 Å². The lowest BCUT2D eigenvalue weighted by atomic mass is 10.2. The van der Waals surface area contributed by atoms with Gasteiger partial charge in [0, 0.05) is 11.6 Å². The van der Waals surface area contributed by atoms with E-state index in [1.165, 1.54) is 19.4 Å². The van der Waals surface area contributed by atoms with Crippen LogP contribution in [0.3, 0.4) is 0 Å². The number of phenols is 1. The number of nitrogens with zero attached hydrogens (tertiary/aromatic N) is 2. The molecule has 0 aliphatic rings. The van der Waals surface area contributed by atoms with E-state index in [4.69, 9.17) is 9.47 Å². The van der Waals surface area contributed by atoms with E-state index in [0.717, 1.165) is 6.20 Å². The van der Waals surface area contributed by atoms with Gasteiger partial charge in [-0.3, -0.25) is 0 Å². The number of methoxy groups -OCH3 is 1. The van der Waals surface area contributed by atoms with E-state index in [9.17, 15) is 9.59 Å². The Morgan fingerprint density at radius 2 is 2.24 bits per heavy atom. The Labute approximate surface area is 96.9 Å². The van der Waals surface area contributed by atoms with Crippen molar-refractivity contribution in [2.24, 2.45) is 0 Å². The van der Waals surface area contributed by atoms with Gasteiger partial charge in [-0.2, -0.15) is 0 Å². The quantitative estimate of drug-likeness (QED) is 0.883. The van der Waals surface area contributed by atoms with Crippen LogP contribution in [0, 0.1) is 0 Å². The van der Waals surface area contributed by atoms with Crippen LogP contribution in [0.25, 0.3) is 0 Å². The van der Waals surface area contributed by atoms with Crippen LogP contribution in [0.2, 0.25) is 0 Å². The molecular weight excluding hydrogens is 227 g/mol. The highest BCUT2D eigenvalue weighted by Gasteiger charge is 2.05. The summed E-state index contributed by atoms with van der Waals surface area (Å²) >= 11 is 0. The molecule has 0 aliphatic heterocycles. The lowest BCUT2D eigenvalue weighted by Crippen LogP contribution is -1.95. The molecule has 2 aromatic rings. The van der Waals surface area contributed by atoms with Crippen LogP contribution in [-0.2, 0) is 6.61 Å². The molecule has 1 N–H and O–H groups in total. The third-order valence-corrected chi connectivity index (χ3v) is 2.22. The Kier molecular flexibility index (Phi) is 3.13. The van der Waals surface area contributed by atoms with Crippen molar-refractivity contribution in [1.82, 2.24) is 10.0 Å². The molecule has 17 heavy (non-hydrogen) atoms. The van der Waals surface area contributed by atoms with Gasteiger partial charge in [0.25, 0.3) is 0 Å². The number of phenolic OH excluding ortho intramolecular Hbond substituents is 1. The van der Waals surface area contributed by atoms with Crippen molar-refractivity contribution in [2.45, 2.75) is 6.61 Å². The van der Waals surface area contributed by atoms with Gasteiger partial charge >= 0.3 is 0 Å². The summed E-state index contributed by atoms with van der Waals surface area (Å²) in [4.78, 5) is 0.156. The highest BCUT2D eigenvalue weighted by molar-refractivity contribution is 5.39. The molecule has 2 rings (SSSR count). The van der Waals surface area contributed by atoms with E-state index < -0.39 is 0 Å². The molecule has 0 saturated carbocycles. The number of halogens is 1. The fourth-order valence-electron chi connectivity index (χ4n) is 1.31. The summed E-state index contributed by atoms with van der Waals surface area (Å²) in [6, 6.07) is 4.86. The molecule has 5 nitrogen and oxygen atoms in total. The summed E-state index contributed by atoms with van der Waals surface area (Å²) in [6.45, 7) is 0.127. The molecule has 6 heteroatoms. The van der Waals surface area contributed by atoms with Crippen molar-refractivity contribution in [2.75, 3.05) is 7.11 Å². The zero-order valence-electron chi connectivity index (χ0n) is 9.13. The first kappa shape index (κ1) is 11.3. The number of benzene rings is 1. The Hall–Kier alpha value is -2.24. The van der Waals surface area contributed by atoms with Crippen LogP contribution in [0.5, 0.6) is 17.2 Å². The summed E-state index contributed by atoms with van der Waals surface area (Å²) in [6.07, 6.45) is 2.35. The molecule has 0 fully saturated rings. The normalized spacial score (nSPS) is 10.2. The molecule has 0 aliphatic carbocycles. The minimum atomic E-state index is 0.0667. The maximum absolute atomic E-state index is 12.5. The number of aromatic nitrogens is 2. The van der Waals surface area contributed by atoms with Crippen molar-refractivity contribution in [3.63, 3.8) is 0 Å². The molecule has 0 amide bonds. The molecule has 0 bridgehead atoms. The molecule has 1 heterocycles. The Morgan fingerprint density at radius 1 is 1.41 bits per heavy atom. The summed E-state index contributed by atoms with van der Waals surface area (Å²) in [5.74, 6) is 0.919. The SMILES string of the molecule is COc1ccc(COc2cnn(F)c2)c(O)c1. The van der Waals surface area contributed by atoms with Crippen LogP contribution in [0.1, 0.15) is 5.56 Å². The molecule has 0 radical (unpaired) electrons. The fourth-order valence-corrected chi connectivity index (χ4v) is 1.31. The number of hydrogen-bond donors (Lipinski definition) is 1. The zero-order valence-corrected chi connectivity index (χ0v) is 9.13. The van der Waals surface area contributed by atoms with E-state index in [1.54, 1.807) is 12.1 Å². The van der Waals surface area contributed by atoms with Gasteiger partial charge in [-0.1, -0.05) is 9.39 Å². The van der Waals surface area contributed by atoms with Gasteiger partial charge in [-0.25, -0.2) is 0 Å². The van der Waals surface area contributed by atoms with Gasteiger partial charge in [-0.15, -0.1) is 5.10 Å². The van der Waals surface area contributed by atoms with Gasteiger partial charge in [0.15, 0.2) is 5.75 Å². The van der Waals surface area contributed by atoms with E-state index >= 15 is 0 Å². The van der Waals surface area contributed by atoms with Crippen molar-refractivity contribution >= 4 is 0 Å². The number of rotatable bonds is 4. The average Bonchev–Trinajstić information content (AvgIpc) is 2.73. The molecule has 0 spiro atoms. The maximum Gasteiger partial charge on any atom is 0.160 e. The van der Waals surface area contributed by atoms with Crippen molar-refractivity contribution in [3.05, 3.63) is 36.2 Å². The third-order valence-electron chi connectivity index (χ3n) is 2.22. The largest absolute Gasteiger partial charge is 0.507 e. The van der Waals surface area contributed by atoms with Crippen LogP contribution in [0.4, 0.5) is 4.48 Å². The van der Waals surface area contributed by atoms with Gasteiger partial charge in [0.05, 0.1) is 13.3 Å². The van der Waals surface area contributed by atoms with Crippen LogP contribution >= 0.6 is 0 Å². The van der Waals surface area contributed by atoms with Gasteiger partial charge in [0.2, 0.25) is 0 Å². The van der Waals surface area contributed by atoms with Crippen LogP contribution in [-0.4, -0.2) is 22.2 Å². The van der Waals surface area contributed by atoms with E-state index in [1.807, 2.05) is 0 Å². The van der Waals surface area contributed by atoms with Crippen molar-refractivity contribution in [1.29, 1.82) is 0 Å². The molecule has 1 aromatic carbocycles. The highest BCUT2D eigenvalue weighted by Crippen LogP contribution is 2.24. The fraction of sp³-hybridized carbons (Fsp3) is 0.182. The summed E-state index contributed by atoms with van der Waals surface area (Å²) in [5.41, 5.74) is 0.581. The lowest BCUT2D eigenvalue weighted by Gasteiger charge is -2.07. The molecule has 0 saturated heterocycles. The standard InChI is InChI=1S/C11H11FN2O3/c1-16-9-3-2-8(11(15)4-9)7-17-10-5-13-14(12)6-10/h2-6,15H,7H2,1H3. The predicted octanol–water partition coefficient (Wildman–Crippen LogP) is 1.91. The topological polar surface area (TPSA) is 56.5 Å². The maximum atomic E-state index is 12.5. The first-order valence-electron chi connectivity index (χ1n) is 4.88.